The minimum absolute atomic E-state index is 0.277. The largest absolute Gasteiger partial charge is 0.327 e. The highest BCUT2D eigenvalue weighted by Gasteiger charge is 2.09. The molecule has 0 aliphatic heterocycles. The van der Waals surface area contributed by atoms with E-state index < -0.39 is 0 Å². The van der Waals surface area contributed by atoms with Crippen LogP contribution in [-0.2, 0) is 6.42 Å². The highest BCUT2D eigenvalue weighted by molar-refractivity contribution is 9.10. The van der Waals surface area contributed by atoms with E-state index in [1.165, 1.54) is 16.5 Å². The molecular formula is C13H20BrN. The van der Waals surface area contributed by atoms with Crippen LogP contribution in [0.3, 0.4) is 0 Å². The number of hydrogen-bond donors (Lipinski definition) is 1. The van der Waals surface area contributed by atoms with Crippen LogP contribution in [0, 0.1) is 5.92 Å². The second kappa shape index (κ2) is 6.29. The van der Waals surface area contributed by atoms with Gasteiger partial charge in [0.2, 0.25) is 0 Å². The van der Waals surface area contributed by atoms with Crippen molar-refractivity contribution in [2.45, 2.75) is 39.2 Å². The van der Waals surface area contributed by atoms with Crippen molar-refractivity contribution in [2.75, 3.05) is 0 Å². The Labute approximate surface area is 101 Å². The number of nitrogens with two attached hydrogens (primary N) is 1. The van der Waals surface area contributed by atoms with Gasteiger partial charge in [-0.25, -0.2) is 0 Å². The smallest absolute Gasteiger partial charge is 0.0207 e. The van der Waals surface area contributed by atoms with Crippen LogP contribution in [0.2, 0.25) is 0 Å². The lowest BCUT2D eigenvalue weighted by Gasteiger charge is -2.16. The lowest BCUT2D eigenvalue weighted by atomic mass is 9.95. The normalized spacial score (nSPS) is 14.9. The van der Waals surface area contributed by atoms with Gasteiger partial charge in [0.05, 0.1) is 0 Å². The highest BCUT2D eigenvalue weighted by atomic mass is 79.9. The first-order chi connectivity index (χ1) is 7.13. The van der Waals surface area contributed by atoms with Gasteiger partial charge in [0.1, 0.15) is 0 Å². The molecular weight excluding hydrogens is 250 g/mol. The van der Waals surface area contributed by atoms with Crippen LogP contribution in [0.1, 0.15) is 32.3 Å². The molecule has 0 bridgehead atoms. The molecule has 0 radical (unpaired) electrons. The fraction of sp³-hybridized carbons (Fsp3) is 0.538. The van der Waals surface area contributed by atoms with Gasteiger partial charge in [-0.05, 0) is 30.4 Å². The first-order valence-corrected chi connectivity index (χ1v) is 6.41. The molecule has 1 aromatic rings. The van der Waals surface area contributed by atoms with Crippen LogP contribution in [0.4, 0.5) is 0 Å². The van der Waals surface area contributed by atoms with Gasteiger partial charge >= 0.3 is 0 Å². The van der Waals surface area contributed by atoms with Crippen molar-refractivity contribution in [1.29, 1.82) is 0 Å². The van der Waals surface area contributed by atoms with Gasteiger partial charge in [0, 0.05) is 10.5 Å². The predicted molar refractivity (Wildman–Crippen MR) is 69.9 cm³/mol. The van der Waals surface area contributed by atoms with Gasteiger partial charge in [-0.3, -0.25) is 0 Å². The molecule has 0 heterocycles. The Morgan fingerprint density at radius 1 is 1.33 bits per heavy atom. The van der Waals surface area contributed by atoms with E-state index in [-0.39, 0.29) is 6.04 Å². The third-order valence-corrected chi connectivity index (χ3v) is 3.62. The second-order valence-electron chi connectivity index (χ2n) is 4.30. The van der Waals surface area contributed by atoms with E-state index in [2.05, 4.69) is 48.0 Å². The molecule has 0 saturated carbocycles. The van der Waals surface area contributed by atoms with E-state index >= 15 is 0 Å². The summed E-state index contributed by atoms with van der Waals surface area (Å²) in [6.45, 7) is 4.48. The minimum Gasteiger partial charge on any atom is -0.327 e. The molecule has 1 aromatic carbocycles. The number of rotatable bonds is 5. The van der Waals surface area contributed by atoms with Crippen LogP contribution < -0.4 is 5.73 Å². The van der Waals surface area contributed by atoms with E-state index in [4.69, 9.17) is 5.73 Å². The van der Waals surface area contributed by atoms with Crippen molar-refractivity contribution in [3.8, 4) is 0 Å². The Morgan fingerprint density at radius 3 is 2.60 bits per heavy atom. The Morgan fingerprint density at radius 2 is 2.00 bits per heavy atom. The maximum Gasteiger partial charge on any atom is 0.0207 e. The molecule has 15 heavy (non-hydrogen) atoms. The van der Waals surface area contributed by atoms with Gasteiger partial charge in [0.25, 0.3) is 0 Å². The van der Waals surface area contributed by atoms with Crippen molar-refractivity contribution in [1.82, 2.24) is 0 Å². The topological polar surface area (TPSA) is 26.0 Å². The summed E-state index contributed by atoms with van der Waals surface area (Å²) in [4.78, 5) is 0. The van der Waals surface area contributed by atoms with Crippen LogP contribution in [0.15, 0.2) is 28.7 Å². The van der Waals surface area contributed by atoms with Crippen LogP contribution in [0.5, 0.6) is 0 Å². The summed E-state index contributed by atoms with van der Waals surface area (Å²) in [6, 6.07) is 8.59. The summed E-state index contributed by atoms with van der Waals surface area (Å²) in [5.74, 6) is 0.725. The van der Waals surface area contributed by atoms with Gasteiger partial charge in [-0.1, -0.05) is 54.4 Å². The molecule has 0 aliphatic rings. The standard InChI is InChI=1S/C13H20BrN/c1-3-10(2)8-12(15)9-11-6-4-5-7-13(11)14/h4-7,10,12H,3,8-9,15H2,1-2H3. The maximum absolute atomic E-state index is 6.13. The molecule has 0 amide bonds. The zero-order valence-electron chi connectivity index (χ0n) is 9.54. The number of hydrogen-bond acceptors (Lipinski definition) is 1. The van der Waals surface area contributed by atoms with Crippen molar-refractivity contribution in [3.63, 3.8) is 0 Å². The van der Waals surface area contributed by atoms with Crippen molar-refractivity contribution >= 4 is 15.9 Å². The first kappa shape index (κ1) is 12.7. The third-order valence-electron chi connectivity index (χ3n) is 2.84. The van der Waals surface area contributed by atoms with E-state index in [1.807, 2.05) is 6.07 Å². The zero-order chi connectivity index (χ0) is 11.3. The fourth-order valence-corrected chi connectivity index (χ4v) is 2.16. The number of halogens is 1. The van der Waals surface area contributed by atoms with Gasteiger partial charge < -0.3 is 5.73 Å². The predicted octanol–water partition coefficient (Wildman–Crippen LogP) is 3.76. The molecule has 2 N–H and O–H groups in total. The quantitative estimate of drug-likeness (QED) is 0.866. The summed E-state index contributed by atoms with van der Waals surface area (Å²) in [7, 11) is 0. The Bertz CT molecular complexity index is 298. The van der Waals surface area contributed by atoms with Gasteiger partial charge in [-0.15, -0.1) is 0 Å². The average Bonchev–Trinajstić information content (AvgIpc) is 2.21. The summed E-state index contributed by atoms with van der Waals surface area (Å²) < 4.78 is 1.17. The van der Waals surface area contributed by atoms with Gasteiger partial charge in [-0.2, -0.15) is 0 Å². The number of benzene rings is 1. The molecule has 84 valence electrons. The molecule has 0 saturated heterocycles. The van der Waals surface area contributed by atoms with Gasteiger partial charge in [0.15, 0.2) is 0 Å². The van der Waals surface area contributed by atoms with E-state index in [0.717, 1.165) is 18.8 Å². The third kappa shape index (κ3) is 4.35. The molecule has 0 aliphatic carbocycles. The molecule has 2 atom stereocenters. The second-order valence-corrected chi connectivity index (χ2v) is 5.16. The van der Waals surface area contributed by atoms with E-state index in [0.29, 0.717) is 0 Å². The van der Waals surface area contributed by atoms with Crippen LogP contribution in [-0.4, -0.2) is 6.04 Å². The summed E-state index contributed by atoms with van der Waals surface area (Å²) in [6.07, 6.45) is 3.28. The van der Waals surface area contributed by atoms with Crippen LogP contribution >= 0.6 is 15.9 Å². The van der Waals surface area contributed by atoms with Crippen molar-refractivity contribution in [3.05, 3.63) is 34.3 Å². The van der Waals surface area contributed by atoms with Crippen molar-refractivity contribution in [2.24, 2.45) is 11.7 Å². The lowest BCUT2D eigenvalue weighted by molar-refractivity contribution is 0.450. The van der Waals surface area contributed by atoms with Crippen LogP contribution in [0.25, 0.3) is 0 Å². The first-order valence-electron chi connectivity index (χ1n) is 5.62. The molecule has 1 nitrogen and oxygen atoms in total. The van der Waals surface area contributed by atoms with E-state index in [9.17, 15) is 0 Å². The average molecular weight is 270 g/mol. The van der Waals surface area contributed by atoms with Crippen molar-refractivity contribution < 1.29 is 0 Å². The molecule has 0 aromatic heterocycles. The van der Waals surface area contributed by atoms with E-state index in [1.54, 1.807) is 0 Å². The summed E-state index contributed by atoms with van der Waals surface area (Å²) >= 11 is 3.55. The lowest BCUT2D eigenvalue weighted by Crippen LogP contribution is -2.25. The maximum atomic E-state index is 6.13. The summed E-state index contributed by atoms with van der Waals surface area (Å²) in [5.41, 5.74) is 7.44. The molecule has 2 unspecified atom stereocenters. The molecule has 0 fully saturated rings. The molecule has 1 rings (SSSR count). The highest BCUT2D eigenvalue weighted by Crippen LogP contribution is 2.19. The summed E-state index contributed by atoms with van der Waals surface area (Å²) in [5, 5.41) is 0. The minimum atomic E-state index is 0.277. The fourth-order valence-electron chi connectivity index (χ4n) is 1.71. The Kier molecular flexibility index (Phi) is 5.34. The zero-order valence-corrected chi connectivity index (χ0v) is 11.1. The molecule has 2 heteroatoms. The monoisotopic (exact) mass is 269 g/mol. The Balaban J connectivity index is 2.51. The SMILES string of the molecule is CCC(C)CC(N)Cc1ccccc1Br. The molecule has 0 spiro atoms. The Hall–Kier alpha value is -0.340.